The molecule has 2 rings (SSSR count). The van der Waals surface area contributed by atoms with Crippen molar-refractivity contribution in [3.05, 3.63) is 68.2 Å². The van der Waals surface area contributed by atoms with Gasteiger partial charge in [-0.1, -0.05) is 59.9 Å². The number of hydrogen-bond donors (Lipinski definition) is 1. The highest BCUT2D eigenvalue weighted by molar-refractivity contribution is 6.42. The number of hydrogen-bond acceptors (Lipinski definition) is 1. The molecule has 1 unspecified atom stereocenters. The molecule has 4 heteroatoms. The first-order valence-corrected chi connectivity index (χ1v) is 8.11. The largest absolute Gasteiger partial charge is 0.306 e. The van der Waals surface area contributed by atoms with Gasteiger partial charge < -0.3 is 5.32 Å². The van der Waals surface area contributed by atoms with Crippen LogP contribution >= 0.6 is 34.8 Å². The molecule has 0 aromatic heterocycles. The minimum Gasteiger partial charge on any atom is -0.306 e. The molecule has 0 amide bonds. The Kier molecular flexibility index (Phi) is 5.95. The highest BCUT2D eigenvalue weighted by Gasteiger charge is 2.19. The molecule has 1 atom stereocenters. The molecule has 0 fully saturated rings. The number of rotatable bonds is 5. The summed E-state index contributed by atoms with van der Waals surface area (Å²) in [5.74, 6) is 0. The zero-order chi connectivity index (χ0) is 15.4. The van der Waals surface area contributed by atoms with E-state index in [2.05, 4.69) is 19.2 Å². The lowest BCUT2D eigenvalue weighted by atomic mass is 9.94. The molecule has 1 N–H and O–H groups in total. The van der Waals surface area contributed by atoms with Crippen molar-refractivity contribution in [3.8, 4) is 0 Å². The van der Waals surface area contributed by atoms with Crippen molar-refractivity contribution >= 4 is 34.8 Å². The summed E-state index contributed by atoms with van der Waals surface area (Å²) in [5.41, 5.74) is 3.27. The summed E-state index contributed by atoms with van der Waals surface area (Å²) in [4.78, 5) is 0. The zero-order valence-corrected chi connectivity index (χ0v) is 14.4. The van der Waals surface area contributed by atoms with Crippen LogP contribution in [0.3, 0.4) is 0 Å². The van der Waals surface area contributed by atoms with Gasteiger partial charge in [-0.25, -0.2) is 0 Å². The van der Waals surface area contributed by atoms with E-state index in [9.17, 15) is 0 Å². The molecule has 0 radical (unpaired) electrons. The van der Waals surface area contributed by atoms with Gasteiger partial charge in [0.25, 0.3) is 0 Å². The number of halogens is 3. The van der Waals surface area contributed by atoms with Crippen LogP contribution in [-0.4, -0.2) is 6.54 Å². The SMILES string of the molecule is CCCNC(c1cc(Cl)ccc1C)c1cccc(Cl)c1Cl. The highest BCUT2D eigenvalue weighted by Crippen LogP contribution is 2.35. The predicted octanol–water partition coefficient (Wildman–Crippen LogP) is 6.04. The molecule has 0 aliphatic heterocycles. The molecule has 1 nitrogen and oxygen atoms in total. The maximum Gasteiger partial charge on any atom is 0.0643 e. The zero-order valence-electron chi connectivity index (χ0n) is 12.1. The van der Waals surface area contributed by atoms with Crippen molar-refractivity contribution in [2.75, 3.05) is 6.54 Å². The molecule has 0 bridgehead atoms. The third-order valence-electron chi connectivity index (χ3n) is 3.44. The Morgan fingerprint density at radius 2 is 1.81 bits per heavy atom. The van der Waals surface area contributed by atoms with Crippen molar-refractivity contribution in [2.45, 2.75) is 26.3 Å². The van der Waals surface area contributed by atoms with Gasteiger partial charge in [0.1, 0.15) is 0 Å². The second kappa shape index (κ2) is 7.51. The minimum atomic E-state index is -0.0187. The van der Waals surface area contributed by atoms with Crippen molar-refractivity contribution in [1.29, 1.82) is 0 Å². The van der Waals surface area contributed by atoms with Crippen LogP contribution in [0.15, 0.2) is 36.4 Å². The molecule has 0 heterocycles. The van der Waals surface area contributed by atoms with Gasteiger partial charge in [-0.2, -0.15) is 0 Å². The first-order valence-electron chi connectivity index (χ1n) is 6.98. The van der Waals surface area contributed by atoms with E-state index >= 15 is 0 Å². The first kappa shape index (κ1) is 16.6. The van der Waals surface area contributed by atoms with Gasteiger partial charge in [-0.15, -0.1) is 0 Å². The summed E-state index contributed by atoms with van der Waals surface area (Å²) in [7, 11) is 0. The van der Waals surface area contributed by atoms with E-state index in [0.717, 1.165) is 29.1 Å². The molecule has 0 aliphatic carbocycles. The van der Waals surface area contributed by atoms with Gasteiger partial charge in [0.05, 0.1) is 16.1 Å². The van der Waals surface area contributed by atoms with Crippen molar-refractivity contribution in [3.63, 3.8) is 0 Å². The predicted molar refractivity (Wildman–Crippen MR) is 92.8 cm³/mol. The van der Waals surface area contributed by atoms with Crippen molar-refractivity contribution < 1.29 is 0 Å². The fourth-order valence-corrected chi connectivity index (χ4v) is 2.94. The second-order valence-corrected chi connectivity index (χ2v) is 6.25. The van der Waals surface area contributed by atoms with Crippen molar-refractivity contribution in [1.82, 2.24) is 5.32 Å². The normalized spacial score (nSPS) is 12.4. The van der Waals surface area contributed by atoms with Crippen LogP contribution in [-0.2, 0) is 0 Å². The van der Waals surface area contributed by atoms with Crippen LogP contribution in [0.2, 0.25) is 15.1 Å². The van der Waals surface area contributed by atoms with E-state index in [1.807, 2.05) is 30.3 Å². The van der Waals surface area contributed by atoms with Crippen LogP contribution in [0.4, 0.5) is 0 Å². The van der Waals surface area contributed by atoms with E-state index < -0.39 is 0 Å². The molecule has 0 saturated heterocycles. The molecule has 21 heavy (non-hydrogen) atoms. The first-order chi connectivity index (χ1) is 10.0. The molecule has 112 valence electrons. The molecular weight excluding hydrogens is 325 g/mol. The van der Waals surface area contributed by atoms with E-state index in [0.29, 0.717) is 10.0 Å². The standard InChI is InChI=1S/C17H18Cl3N/c1-3-9-21-17(13-5-4-6-15(19)16(13)20)14-10-12(18)8-7-11(14)2/h4-8,10,17,21H,3,9H2,1-2H3. The Balaban J connectivity index is 2.52. The monoisotopic (exact) mass is 341 g/mol. The van der Waals surface area contributed by atoms with Crippen LogP contribution in [0.25, 0.3) is 0 Å². The Bertz CT molecular complexity index is 623. The Labute approximate surface area is 141 Å². The van der Waals surface area contributed by atoms with Crippen molar-refractivity contribution in [2.24, 2.45) is 0 Å². The molecule has 2 aromatic rings. The van der Waals surface area contributed by atoms with Gasteiger partial charge in [0.2, 0.25) is 0 Å². The lowest BCUT2D eigenvalue weighted by Gasteiger charge is -2.23. The highest BCUT2D eigenvalue weighted by atomic mass is 35.5. The number of benzene rings is 2. The smallest absolute Gasteiger partial charge is 0.0643 e. The van der Waals surface area contributed by atoms with E-state index in [-0.39, 0.29) is 6.04 Å². The van der Waals surface area contributed by atoms with E-state index in [1.165, 1.54) is 5.56 Å². The lowest BCUT2D eigenvalue weighted by molar-refractivity contribution is 0.596. The quantitative estimate of drug-likeness (QED) is 0.698. The lowest BCUT2D eigenvalue weighted by Crippen LogP contribution is -2.24. The number of aryl methyl sites for hydroxylation is 1. The third-order valence-corrected chi connectivity index (χ3v) is 4.51. The number of nitrogens with one attached hydrogen (secondary N) is 1. The summed E-state index contributed by atoms with van der Waals surface area (Å²) in [6, 6.07) is 11.6. The van der Waals surface area contributed by atoms with Gasteiger partial charge in [0, 0.05) is 5.02 Å². The summed E-state index contributed by atoms with van der Waals surface area (Å²) in [6.07, 6.45) is 1.04. The molecular formula is C17H18Cl3N. The topological polar surface area (TPSA) is 12.0 Å². The van der Waals surface area contributed by atoms with E-state index in [4.69, 9.17) is 34.8 Å². The fraction of sp³-hybridized carbons (Fsp3) is 0.294. The minimum absolute atomic E-state index is 0.0187. The van der Waals surface area contributed by atoms with Crippen LogP contribution in [0, 0.1) is 6.92 Å². The molecule has 0 spiro atoms. The van der Waals surface area contributed by atoms with Gasteiger partial charge in [-0.3, -0.25) is 0 Å². The maximum atomic E-state index is 6.40. The van der Waals surface area contributed by atoms with Crippen LogP contribution < -0.4 is 5.32 Å². The summed E-state index contributed by atoms with van der Waals surface area (Å²) < 4.78 is 0. The van der Waals surface area contributed by atoms with Gasteiger partial charge in [0.15, 0.2) is 0 Å². The molecule has 0 saturated carbocycles. The summed E-state index contributed by atoms with van der Waals surface area (Å²) in [6.45, 7) is 5.10. The molecule has 0 aliphatic rings. The fourth-order valence-electron chi connectivity index (χ4n) is 2.34. The Morgan fingerprint density at radius 3 is 2.52 bits per heavy atom. The average Bonchev–Trinajstić information content (AvgIpc) is 2.47. The molecule has 2 aromatic carbocycles. The van der Waals surface area contributed by atoms with E-state index in [1.54, 1.807) is 6.07 Å². The Morgan fingerprint density at radius 1 is 1.05 bits per heavy atom. The van der Waals surface area contributed by atoms with Crippen LogP contribution in [0.1, 0.15) is 36.1 Å². The van der Waals surface area contributed by atoms with Gasteiger partial charge >= 0.3 is 0 Å². The van der Waals surface area contributed by atoms with Gasteiger partial charge in [-0.05, 0) is 54.8 Å². The average molecular weight is 343 g/mol. The Hall–Kier alpha value is -0.730. The second-order valence-electron chi connectivity index (χ2n) is 5.03. The summed E-state index contributed by atoms with van der Waals surface area (Å²) in [5, 5.41) is 5.41. The van der Waals surface area contributed by atoms with Crippen LogP contribution in [0.5, 0.6) is 0 Å². The maximum absolute atomic E-state index is 6.40. The summed E-state index contributed by atoms with van der Waals surface area (Å²) >= 11 is 18.7. The third kappa shape index (κ3) is 3.92.